The number of unbranched alkanes of at least 4 members (excludes halogenated alkanes) is 1. The van der Waals surface area contributed by atoms with Gasteiger partial charge in [-0.2, -0.15) is 0 Å². The second kappa shape index (κ2) is 6.86. The lowest BCUT2D eigenvalue weighted by Gasteiger charge is -2.02. The largest absolute Gasteiger partial charge is 0.507 e. The Morgan fingerprint density at radius 1 is 1.41 bits per heavy atom. The fourth-order valence-corrected chi connectivity index (χ4v) is 1.59. The van der Waals surface area contributed by atoms with Crippen molar-refractivity contribution in [3.8, 4) is 5.75 Å². The first-order valence-electron chi connectivity index (χ1n) is 5.77. The van der Waals surface area contributed by atoms with Gasteiger partial charge in [-0.25, -0.2) is 0 Å². The van der Waals surface area contributed by atoms with Crippen LogP contribution in [0, 0.1) is 0 Å². The minimum atomic E-state index is -0.269. The molecule has 0 aliphatic rings. The van der Waals surface area contributed by atoms with E-state index in [9.17, 15) is 9.90 Å². The standard InChI is InChI=1S/C14H18O3/c1-11(16)6-3-2-4-7-12-8-5-9-14(17)13(12)10-15/h4-5,7-11,16-17H,2-3,6H2,1H3/t11-/m0/s1. The zero-order valence-electron chi connectivity index (χ0n) is 9.97. The molecule has 0 aliphatic carbocycles. The van der Waals surface area contributed by atoms with Crippen molar-refractivity contribution in [1.29, 1.82) is 0 Å². The number of benzene rings is 1. The van der Waals surface area contributed by atoms with E-state index < -0.39 is 0 Å². The summed E-state index contributed by atoms with van der Waals surface area (Å²) in [6, 6.07) is 4.99. The van der Waals surface area contributed by atoms with E-state index in [4.69, 9.17) is 5.11 Å². The van der Waals surface area contributed by atoms with E-state index in [1.54, 1.807) is 19.1 Å². The maximum Gasteiger partial charge on any atom is 0.154 e. The fraction of sp³-hybridized carbons (Fsp3) is 0.357. The zero-order valence-corrected chi connectivity index (χ0v) is 9.97. The lowest BCUT2D eigenvalue weighted by Crippen LogP contribution is -1.97. The molecule has 0 spiro atoms. The Morgan fingerprint density at radius 2 is 2.18 bits per heavy atom. The maximum atomic E-state index is 10.8. The number of hydrogen-bond donors (Lipinski definition) is 2. The highest BCUT2D eigenvalue weighted by Crippen LogP contribution is 2.20. The molecule has 0 fully saturated rings. The van der Waals surface area contributed by atoms with Crippen molar-refractivity contribution in [1.82, 2.24) is 0 Å². The molecule has 0 bridgehead atoms. The van der Waals surface area contributed by atoms with Crippen LogP contribution in [0.4, 0.5) is 0 Å². The summed E-state index contributed by atoms with van der Waals surface area (Å²) in [5.41, 5.74) is 1.04. The molecule has 2 N–H and O–H groups in total. The number of aldehydes is 1. The van der Waals surface area contributed by atoms with Gasteiger partial charge in [-0.3, -0.25) is 4.79 Å². The highest BCUT2D eigenvalue weighted by atomic mass is 16.3. The first kappa shape index (κ1) is 13.5. The van der Waals surface area contributed by atoms with Crippen LogP contribution in [0.25, 0.3) is 6.08 Å². The third-order valence-electron chi connectivity index (χ3n) is 2.52. The summed E-state index contributed by atoms with van der Waals surface area (Å²) >= 11 is 0. The van der Waals surface area contributed by atoms with Crippen molar-refractivity contribution in [3.63, 3.8) is 0 Å². The van der Waals surface area contributed by atoms with Crippen LogP contribution in [0.1, 0.15) is 42.1 Å². The number of allylic oxidation sites excluding steroid dienone is 1. The number of carbonyl (C=O) groups excluding carboxylic acids is 1. The molecular weight excluding hydrogens is 216 g/mol. The van der Waals surface area contributed by atoms with Crippen molar-refractivity contribution < 1.29 is 15.0 Å². The van der Waals surface area contributed by atoms with Crippen molar-refractivity contribution in [2.75, 3.05) is 0 Å². The van der Waals surface area contributed by atoms with E-state index >= 15 is 0 Å². The van der Waals surface area contributed by atoms with E-state index in [-0.39, 0.29) is 11.9 Å². The number of carbonyl (C=O) groups is 1. The molecule has 1 rings (SSSR count). The normalized spacial score (nSPS) is 12.8. The molecule has 3 heteroatoms. The first-order valence-corrected chi connectivity index (χ1v) is 5.77. The Hall–Kier alpha value is -1.61. The average molecular weight is 234 g/mol. The molecule has 0 aliphatic heterocycles. The molecular formula is C14H18O3. The SMILES string of the molecule is C[C@H](O)CCCC=Cc1cccc(O)c1C=O. The van der Waals surface area contributed by atoms with Gasteiger partial charge in [0, 0.05) is 0 Å². The third-order valence-corrected chi connectivity index (χ3v) is 2.52. The van der Waals surface area contributed by atoms with E-state index in [2.05, 4.69) is 0 Å². The summed E-state index contributed by atoms with van der Waals surface area (Å²) < 4.78 is 0. The summed E-state index contributed by atoms with van der Waals surface area (Å²) in [6.45, 7) is 1.77. The van der Waals surface area contributed by atoms with Crippen molar-refractivity contribution in [3.05, 3.63) is 35.4 Å². The topological polar surface area (TPSA) is 57.5 Å². The molecule has 3 nitrogen and oxygen atoms in total. The van der Waals surface area contributed by atoms with Crippen LogP contribution in [0.5, 0.6) is 5.75 Å². The molecule has 17 heavy (non-hydrogen) atoms. The van der Waals surface area contributed by atoms with Crippen LogP contribution in [-0.2, 0) is 0 Å². The molecule has 1 atom stereocenters. The Labute approximate surface area is 101 Å². The van der Waals surface area contributed by atoms with Crippen LogP contribution < -0.4 is 0 Å². The molecule has 0 saturated carbocycles. The van der Waals surface area contributed by atoms with Gasteiger partial charge in [-0.15, -0.1) is 0 Å². The molecule has 1 aromatic rings. The van der Waals surface area contributed by atoms with Gasteiger partial charge >= 0.3 is 0 Å². The second-order valence-corrected chi connectivity index (χ2v) is 4.08. The molecule has 1 aromatic carbocycles. The molecule has 92 valence electrons. The van der Waals surface area contributed by atoms with Gasteiger partial charge in [0.2, 0.25) is 0 Å². The van der Waals surface area contributed by atoms with Crippen LogP contribution in [0.3, 0.4) is 0 Å². The van der Waals surface area contributed by atoms with Gasteiger partial charge in [-0.05, 0) is 37.8 Å². The highest BCUT2D eigenvalue weighted by molar-refractivity contribution is 5.85. The Morgan fingerprint density at radius 3 is 2.82 bits per heavy atom. The molecule has 0 saturated heterocycles. The Bertz CT molecular complexity index is 394. The minimum absolute atomic E-state index is 0.00568. The molecule has 0 unspecified atom stereocenters. The summed E-state index contributed by atoms with van der Waals surface area (Å²) in [7, 11) is 0. The predicted octanol–water partition coefficient (Wildman–Crippen LogP) is 2.77. The van der Waals surface area contributed by atoms with E-state index in [0.717, 1.165) is 24.8 Å². The monoisotopic (exact) mass is 234 g/mol. The van der Waals surface area contributed by atoms with Crippen LogP contribution in [-0.4, -0.2) is 22.6 Å². The van der Waals surface area contributed by atoms with E-state index in [1.165, 1.54) is 6.07 Å². The zero-order chi connectivity index (χ0) is 12.7. The lowest BCUT2D eigenvalue weighted by molar-refractivity contribution is 0.112. The number of phenols is 1. The number of aromatic hydroxyl groups is 1. The van der Waals surface area contributed by atoms with E-state index in [1.807, 2.05) is 12.2 Å². The highest BCUT2D eigenvalue weighted by Gasteiger charge is 2.03. The second-order valence-electron chi connectivity index (χ2n) is 4.08. The summed E-state index contributed by atoms with van der Waals surface area (Å²) in [6.07, 6.45) is 6.68. The molecule has 0 aromatic heterocycles. The number of hydrogen-bond acceptors (Lipinski definition) is 3. The molecule has 0 heterocycles. The van der Waals surface area contributed by atoms with Crippen LogP contribution in [0.15, 0.2) is 24.3 Å². The van der Waals surface area contributed by atoms with Crippen molar-refractivity contribution in [2.24, 2.45) is 0 Å². The van der Waals surface area contributed by atoms with Gasteiger partial charge in [0.1, 0.15) is 5.75 Å². The fourth-order valence-electron chi connectivity index (χ4n) is 1.59. The smallest absolute Gasteiger partial charge is 0.154 e. The number of rotatable bonds is 6. The number of aliphatic hydroxyl groups is 1. The maximum absolute atomic E-state index is 10.8. The van der Waals surface area contributed by atoms with Crippen LogP contribution in [0.2, 0.25) is 0 Å². The molecule has 0 amide bonds. The summed E-state index contributed by atoms with van der Waals surface area (Å²) in [5.74, 6) is 0.00568. The van der Waals surface area contributed by atoms with Gasteiger partial charge in [0.15, 0.2) is 6.29 Å². The van der Waals surface area contributed by atoms with E-state index in [0.29, 0.717) is 11.8 Å². The lowest BCUT2D eigenvalue weighted by atomic mass is 10.1. The quantitative estimate of drug-likeness (QED) is 0.587. The first-order chi connectivity index (χ1) is 8.15. The summed E-state index contributed by atoms with van der Waals surface area (Å²) in [5, 5.41) is 18.6. The Kier molecular flexibility index (Phi) is 5.43. The third kappa shape index (κ3) is 4.41. The van der Waals surface area contributed by atoms with Crippen molar-refractivity contribution in [2.45, 2.75) is 32.3 Å². The van der Waals surface area contributed by atoms with Gasteiger partial charge in [0.05, 0.1) is 11.7 Å². The minimum Gasteiger partial charge on any atom is -0.507 e. The molecule has 0 radical (unpaired) electrons. The number of phenolic OH excluding ortho intramolecular Hbond substituents is 1. The predicted molar refractivity (Wildman–Crippen MR) is 68.1 cm³/mol. The van der Waals surface area contributed by atoms with Gasteiger partial charge in [0.25, 0.3) is 0 Å². The Balaban J connectivity index is 2.59. The average Bonchev–Trinajstić information content (AvgIpc) is 2.28. The van der Waals surface area contributed by atoms with Crippen LogP contribution >= 0.6 is 0 Å². The van der Waals surface area contributed by atoms with Gasteiger partial charge in [-0.1, -0.05) is 24.3 Å². The van der Waals surface area contributed by atoms with Gasteiger partial charge < -0.3 is 10.2 Å². The summed E-state index contributed by atoms with van der Waals surface area (Å²) in [4.78, 5) is 10.8. The van der Waals surface area contributed by atoms with Crippen molar-refractivity contribution >= 4 is 12.4 Å². The number of aliphatic hydroxyl groups excluding tert-OH is 1.